The summed E-state index contributed by atoms with van der Waals surface area (Å²) in [6.07, 6.45) is 2.19. The predicted molar refractivity (Wildman–Crippen MR) is 48.2 cm³/mol. The highest BCUT2D eigenvalue weighted by Crippen LogP contribution is 2.01. The Morgan fingerprint density at radius 3 is 2.77 bits per heavy atom. The molecule has 0 aromatic rings. The molecular weight excluding hydrogens is 172 g/mol. The Labute approximate surface area is 78.2 Å². The van der Waals surface area contributed by atoms with Gasteiger partial charge in [0.2, 0.25) is 0 Å². The molecule has 0 heterocycles. The lowest BCUT2D eigenvalue weighted by atomic mass is 10.1. The van der Waals surface area contributed by atoms with Gasteiger partial charge < -0.3 is 15.7 Å². The fourth-order valence-corrected chi connectivity index (χ4v) is 0.971. The minimum Gasteiger partial charge on any atom is -0.465 e. The van der Waals surface area contributed by atoms with Gasteiger partial charge in [-0.15, -0.1) is 0 Å². The van der Waals surface area contributed by atoms with Gasteiger partial charge in [-0.1, -0.05) is 0 Å². The highest BCUT2D eigenvalue weighted by molar-refractivity contribution is 5.75. The first-order valence-electron chi connectivity index (χ1n) is 4.52. The molecule has 0 spiro atoms. The Bertz CT molecular complexity index is 141. The van der Waals surface area contributed by atoms with Crippen LogP contribution in [0.2, 0.25) is 0 Å². The monoisotopic (exact) mass is 190 g/mol. The maximum absolute atomic E-state index is 11.1. The normalized spacial score (nSPS) is 12.5. The van der Waals surface area contributed by atoms with Crippen LogP contribution >= 0.6 is 0 Å². The SMILES string of the molecule is CCOC(=O)[C@H](CCCCN)NO. The molecule has 0 unspecified atom stereocenters. The van der Waals surface area contributed by atoms with Gasteiger partial charge in [0.05, 0.1) is 6.61 Å². The number of nitrogens with one attached hydrogen (secondary N) is 1. The number of rotatable bonds is 7. The molecule has 78 valence electrons. The predicted octanol–water partition coefficient (Wildman–Crippen LogP) is 0.0259. The highest BCUT2D eigenvalue weighted by Gasteiger charge is 2.17. The van der Waals surface area contributed by atoms with E-state index >= 15 is 0 Å². The topological polar surface area (TPSA) is 84.6 Å². The lowest BCUT2D eigenvalue weighted by molar-refractivity contribution is -0.148. The quantitative estimate of drug-likeness (QED) is 0.299. The summed E-state index contributed by atoms with van der Waals surface area (Å²) in [7, 11) is 0. The third kappa shape index (κ3) is 5.57. The lowest BCUT2D eigenvalue weighted by Gasteiger charge is -2.12. The zero-order valence-corrected chi connectivity index (χ0v) is 7.95. The first kappa shape index (κ1) is 12.3. The van der Waals surface area contributed by atoms with Crippen LogP contribution in [0.25, 0.3) is 0 Å². The Balaban J connectivity index is 3.67. The van der Waals surface area contributed by atoms with Crippen LogP contribution in [-0.2, 0) is 9.53 Å². The molecule has 5 heteroatoms. The van der Waals surface area contributed by atoms with Crippen molar-refractivity contribution in [2.45, 2.75) is 32.2 Å². The Morgan fingerprint density at radius 1 is 1.62 bits per heavy atom. The number of carbonyl (C=O) groups is 1. The zero-order chi connectivity index (χ0) is 10.1. The molecule has 0 aromatic heterocycles. The fourth-order valence-electron chi connectivity index (χ4n) is 0.971. The van der Waals surface area contributed by atoms with Crippen molar-refractivity contribution < 1.29 is 14.7 Å². The molecule has 0 saturated carbocycles. The van der Waals surface area contributed by atoms with E-state index in [4.69, 9.17) is 15.7 Å². The van der Waals surface area contributed by atoms with E-state index < -0.39 is 12.0 Å². The first-order chi connectivity index (χ1) is 6.26. The highest BCUT2D eigenvalue weighted by atomic mass is 16.5. The lowest BCUT2D eigenvalue weighted by Crippen LogP contribution is -2.36. The number of hydrogen-bond donors (Lipinski definition) is 3. The number of hydroxylamine groups is 1. The summed E-state index contributed by atoms with van der Waals surface area (Å²) in [6, 6.07) is -0.619. The van der Waals surface area contributed by atoms with Gasteiger partial charge in [-0.3, -0.25) is 4.79 Å². The molecule has 0 aliphatic carbocycles. The molecular formula is C8H18N2O3. The van der Waals surface area contributed by atoms with Crippen molar-refractivity contribution in [3.05, 3.63) is 0 Å². The van der Waals surface area contributed by atoms with E-state index in [9.17, 15) is 4.79 Å². The maximum atomic E-state index is 11.1. The number of hydrogen-bond acceptors (Lipinski definition) is 5. The van der Waals surface area contributed by atoms with Crippen molar-refractivity contribution in [2.24, 2.45) is 5.73 Å². The molecule has 0 fully saturated rings. The maximum Gasteiger partial charge on any atom is 0.325 e. The second-order valence-corrected chi connectivity index (χ2v) is 2.72. The third-order valence-corrected chi connectivity index (χ3v) is 1.67. The van der Waals surface area contributed by atoms with E-state index in [0.29, 0.717) is 19.6 Å². The summed E-state index contributed by atoms with van der Waals surface area (Å²) < 4.78 is 4.73. The smallest absolute Gasteiger partial charge is 0.325 e. The third-order valence-electron chi connectivity index (χ3n) is 1.67. The first-order valence-corrected chi connectivity index (χ1v) is 4.52. The van der Waals surface area contributed by atoms with Crippen molar-refractivity contribution in [3.63, 3.8) is 0 Å². The van der Waals surface area contributed by atoms with E-state index in [2.05, 4.69) is 0 Å². The largest absolute Gasteiger partial charge is 0.465 e. The summed E-state index contributed by atoms with van der Waals surface area (Å²) in [6.45, 7) is 2.65. The van der Waals surface area contributed by atoms with E-state index in [-0.39, 0.29) is 0 Å². The van der Waals surface area contributed by atoms with Crippen LogP contribution in [-0.4, -0.2) is 30.4 Å². The van der Waals surface area contributed by atoms with Crippen LogP contribution in [0.15, 0.2) is 0 Å². The van der Waals surface area contributed by atoms with Gasteiger partial charge in [0.1, 0.15) is 6.04 Å². The summed E-state index contributed by atoms with van der Waals surface area (Å²) >= 11 is 0. The Hall–Kier alpha value is -0.650. The Morgan fingerprint density at radius 2 is 2.31 bits per heavy atom. The summed E-state index contributed by atoms with van der Waals surface area (Å²) in [4.78, 5) is 11.1. The van der Waals surface area contributed by atoms with E-state index in [1.165, 1.54) is 0 Å². The van der Waals surface area contributed by atoms with Crippen molar-refractivity contribution in [1.29, 1.82) is 0 Å². The van der Waals surface area contributed by atoms with Crippen LogP contribution in [0.3, 0.4) is 0 Å². The van der Waals surface area contributed by atoms with E-state index in [1.54, 1.807) is 6.92 Å². The van der Waals surface area contributed by atoms with Crippen LogP contribution in [0, 0.1) is 0 Å². The molecule has 0 amide bonds. The molecule has 5 nitrogen and oxygen atoms in total. The number of esters is 1. The summed E-state index contributed by atoms with van der Waals surface area (Å²) in [5.74, 6) is -0.415. The van der Waals surface area contributed by atoms with Crippen LogP contribution < -0.4 is 11.2 Å². The molecule has 0 saturated heterocycles. The number of carbonyl (C=O) groups excluding carboxylic acids is 1. The van der Waals surface area contributed by atoms with Crippen molar-refractivity contribution in [3.8, 4) is 0 Å². The second-order valence-electron chi connectivity index (χ2n) is 2.72. The van der Waals surface area contributed by atoms with Gasteiger partial charge in [-0.05, 0) is 32.7 Å². The summed E-state index contributed by atoms with van der Waals surface area (Å²) in [5.41, 5.74) is 7.22. The Kier molecular flexibility index (Phi) is 7.57. The van der Waals surface area contributed by atoms with Gasteiger partial charge in [-0.2, -0.15) is 5.48 Å². The minimum atomic E-state index is -0.619. The number of ether oxygens (including phenoxy) is 1. The van der Waals surface area contributed by atoms with Gasteiger partial charge in [0.25, 0.3) is 0 Å². The van der Waals surface area contributed by atoms with E-state index in [1.807, 2.05) is 5.48 Å². The molecule has 0 aromatic carbocycles. The van der Waals surface area contributed by atoms with Gasteiger partial charge in [0.15, 0.2) is 0 Å². The van der Waals surface area contributed by atoms with Crippen molar-refractivity contribution in [1.82, 2.24) is 5.48 Å². The van der Waals surface area contributed by atoms with Crippen LogP contribution in [0.1, 0.15) is 26.2 Å². The van der Waals surface area contributed by atoms with Crippen LogP contribution in [0.5, 0.6) is 0 Å². The fraction of sp³-hybridized carbons (Fsp3) is 0.875. The van der Waals surface area contributed by atoms with Gasteiger partial charge in [0, 0.05) is 0 Å². The number of unbranched alkanes of at least 4 members (excludes halogenated alkanes) is 1. The molecule has 0 rings (SSSR count). The average molecular weight is 190 g/mol. The molecule has 0 aliphatic heterocycles. The molecule has 0 aliphatic rings. The van der Waals surface area contributed by atoms with Crippen molar-refractivity contribution >= 4 is 5.97 Å². The molecule has 13 heavy (non-hydrogen) atoms. The zero-order valence-electron chi connectivity index (χ0n) is 7.95. The molecule has 4 N–H and O–H groups in total. The average Bonchev–Trinajstić information content (AvgIpc) is 2.13. The second kappa shape index (κ2) is 7.97. The van der Waals surface area contributed by atoms with Gasteiger partial charge in [-0.25, -0.2) is 0 Å². The van der Waals surface area contributed by atoms with Gasteiger partial charge >= 0.3 is 5.97 Å². The molecule has 0 bridgehead atoms. The molecule has 1 atom stereocenters. The summed E-state index contributed by atoms with van der Waals surface area (Å²) in [5, 5.41) is 8.64. The standard InChI is InChI=1S/C8H18N2O3/c1-2-13-8(11)7(10-12)5-3-4-6-9/h7,10,12H,2-6,9H2,1H3/t7-/m0/s1. The number of nitrogens with two attached hydrogens (primary N) is 1. The minimum absolute atomic E-state index is 0.327. The van der Waals surface area contributed by atoms with Crippen LogP contribution in [0.4, 0.5) is 0 Å². The molecule has 0 radical (unpaired) electrons. The van der Waals surface area contributed by atoms with E-state index in [0.717, 1.165) is 12.8 Å². The van der Waals surface area contributed by atoms with Crippen molar-refractivity contribution in [2.75, 3.05) is 13.2 Å².